The summed E-state index contributed by atoms with van der Waals surface area (Å²) < 4.78 is 27.6. The number of fused-ring (bicyclic) bond motifs is 3. The number of phenolic OH excluding ortho intramolecular Hbond substituents is 1. The minimum atomic E-state index is -2.87. The number of nitrogens with zero attached hydrogens (tertiary/aromatic N) is 3. The SMILES string of the molecule is CN(C)c1cc(NCc2cc(F)cc(F)c2)c(O)c2c1C[C@@]1(N)C[C@@]3(N)[C@H](N(C)C)C(=O)C(C(N)=O)C(=O)[C@@]3(C#N)C(=O)C1C2=O. The van der Waals surface area contributed by atoms with Gasteiger partial charge < -0.3 is 32.5 Å². The molecule has 0 bridgehead atoms. The number of benzene rings is 2. The third-order valence-corrected chi connectivity index (χ3v) is 9.45. The van der Waals surface area contributed by atoms with Crippen LogP contribution in [-0.2, 0) is 32.1 Å². The second-order valence-corrected chi connectivity index (χ2v) is 12.8. The smallest absolute Gasteiger partial charge is 0.235 e. The molecule has 2 fully saturated rings. The van der Waals surface area contributed by atoms with Gasteiger partial charge in [-0.2, -0.15) is 5.26 Å². The van der Waals surface area contributed by atoms with Crippen LogP contribution >= 0.6 is 0 Å². The lowest BCUT2D eigenvalue weighted by molar-refractivity contribution is -0.166. The second kappa shape index (κ2) is 10.6. The van der Waals surface area contributed by atoms with Gasteiger partial charge >= 0.3 is 0 Å². The highest BCUT2D eigenvalue weighted by Gasteiger charge is 2.78. The molecule has 0 aliphatic heterocycles. The van der Waals surface area contributed by atoms with Gasteiger partial charge in [0.25, 0.3) is 0 Å². The normalized spacial score (nSPS) is 30.3. The Morgan fingerprint density at radius 2 is 1.67 bits per heavy atom. The Balaban J connectivity index is 1.69. The van der Waals surface area contributed by atoms with Crippen LogP contribution in [-0.4, -0.2) is 84.4 Å². The molecular weight excluding hydrogens is 604 g/mol. The molecule has 5 rings (SSSR count). The van der Waals surface area contributed by atoms with Gasteiger partial charge in [0.2, 0.25) is 5.91 Å². The van der Waals surface area contributed by atoms with Crippen molar-refractivity contribution in [2.24, 2.45) is 34.5 Å². The summed E-state index contributed by atoms with van der Waals surface area (Å²) in [6, 6.07) is 4.51. The van der Waals surface area contributed by atoms with Gasteiger partial charge in [0.05, 0.1) is 28.9 Å². The van der Waals surface area contributed by atoms with Crippen molar-refractivity contribution in [3.63, 3.8) is 0 Å². The van der Waals surface area contributed by atoms with Crippen molar-refractivity contribution in [2.45, 2.75) is 36.5 Å². The summed E-state index contributed by atoms with van der Waals surface area (Å²) in [6.07, 6.45) is -0.789. The summed E-state index contributed by atoms with van der Waals surface area (Å²) in [6.45, 7) is -0.165. The molecule has 6 atom stereocenters. The predicted molar refractivity (Wildman–Crippen MR) is 159 cm³/mol. The number of aromatic hydroxyl groups is 1. The molecule has 3 aliphatic carbocycles. The Kier molecular flexibility index (Phi) is 7.55. The van der Waals surface area contributed by atoms with Crippen LogP contribution in [0.15, 0.2) is 24.3 Å². The maximum absolute atomic E-state index is 14.5. The first-order valence-corrected chi connectivity index (χ1v) is 14.2. The van der Waals surface area contributed by atoms with Crippen LogP contribution in [0.5, 0.6) is 5.75 Å². The molecule has 1 amide bonds. The van der Waals surface area contributed by atoms with Crippen molar-refractivity contribution >= 4 is 40.4 Å². The number of nitrogens with two attached hydrogens (primary N) is 3. The van der Waals surface area contributed by atoms with Gasteiger partial charge in [0.1, 0.15) is 23.3 Å². The Morgan fingerprint density at radius 3 is 2.20 bits per heavy atom. The van der Waals surface area contributed by atoms with Crippen molar-refractivity contribution in [1.82, 2.24) is 4.90 Å². The number of anilines is 2. The van der Waals surface area contributed by atoms with E-state index in [2.05, 4.69) is 5.32 Å². The van der Waals surface area contributed by atoms with Crippen LogP contribution < -0.4 is 27.4 Å². The quantitative estimate of drug-likeness (QED) is 0.204. The number of carbonyl (C=O) groups is 5. The fourth-order valence-electron chi connectivity index (χ4n) is 7.70. The fraction of sp³-hybridized carbons (Fsp3) is 0.419. The lowest BCUT2D eigenvalue weighted by Gasteiger charge is -2.60. The molecule has 3 aliphatic rings. The fourth-order valence-corrected chi connectivity index (χ4v) is 7.70. The number of hydrogen-bond donors (Lipinski definition) is 5. The van der Waals surface area contributed by atoms with Gasteiger partial charge in [-0.15, -0.1) is 0 Å². The summed E-state index contributed by atoms with van der Waals surface area (Å²) in [5, 5.41) is 24.8. The molecular formula is C31H33F2N7O6. The zero-order chi connectivity index (χ0) is 34.3. The maximum Gasteiger partial charge on any atom is 0.235 e. The maximum atomic E-state index is 14.5. The number of halogens is 2. The number of amides is 1. The first-order valence-electron chi connectivity index (χ1n) is 14.2. The molecule has 15 heteroatoms. The van der Waals surface area contributed by atoms with E-state index in [1.54, 1.807) is 25.1 Å². The topological polar surface area (TPSA) is 226 Å². The number of phenols is 1. The summed E-state index contributed by atoms with van der Waals surface area (Å²) in [4.78, 5) is 71.6. The van der Waals surface area contributed by atoms with E-state index in [4.69, 9.17) is 17.2 Å². The number of rotatable bonds is 6. The molecule has 0 aromatic heterocycles. The minimum absolute atomic E-state index is 0.0165. The molecule has 242 valence electrons. The van der Waals surface area contributed by atoms with Gasteiger partial charge in [-0.1, -0.05) is 0 Å². The number of Topliss-reactive ketones (excluding diaryl/α,β-unsaturated/α-hetero) is 4. The largest absolute Gasteiger partial charge is 0.505 e. The number of nitriles is 1. The molecule has 2 unspecified atom stereocenters. The Hall–Kier alpha value is -4.78. The van der Waals surface area contributed by atoms with Crippen molar-refractivity contribution in [1.29, 1.82) is 5.26 Å². The van der Waals surface area contributed by atoms with Gasteiger partial charge in [0.15, 0.2) is 34.5 Å². The third-order valence-electron chi connectivity index (χ3n) is 9.45. The highest BCUT2D eigenvalue weighted by atomic mass is 19.1. The number of primary amides is 1. The van der Waals surface area contributed by atoms with Crippen molar-refractivity contribution in [3.8, 4) is 11.8 Å². The monoisotopic (exact) mass is 637 g/mol. The van der Waals surface area contributed by atoms with Gasteiger partial charge in [-0.05, 0) is 56.3 Å². The van der Waals surface area contributed by atoms with E-state index in [1.165, 1.54) is 25.1 Å². The second-order valence-electron chi connectivity index (χ2n) is 12.8. The average molecular weight is 638 g/mol. The summed E-state index contributed by atoms with van der Waals surface area (Å²) in [5.41, 5.74) is 12.6. The third kappa shape index (κ3) is 4.32. The highest BCUT2D eigenvalue weighted by molar-refractivity contribution is 6.33. The van der Waals surface area contributed by atoms with E-state index in [0.29, 0.717) is 11.8 Å². The van der Waals surface area contributed by atoms with Gasteiger partial charge in [0, 0.05) is 37.9 Å². The molecule has 0 saturated heterocycles. The van der Waals surface area contributed by atoms with Gasteiger partial charge in [-0.3, -0.25) is 28.9 Å². The van der Waals surface area contributed by atoms with Crippen LogP contribution in [0.1, 0.15) is 27.9 Å². The zero-order valence-electron chi connectivity index (χ0n) is 25.5. The lowest BCUT2D eigenvalue weighted by atomic mass is 9.42. The zero-order valence-corrected chi connectivity index (χ0v) is 25.5. The molecule has 8 N–H and O–H groups in total. The van der Waals surface area contributed by atoms with Crippen LogP contribution in [0.3, 0.4) is 0 Å². The molecule has 2 aromatic rings. The molecule has 2 aromatic carbocycles. The predicted octanol–water partition coefficient (Wildman–Crippen LogP) is -0.235. The summed E-state index contributed by atoms with van der Waals surface area (Å²) in [5.74, 6) is -12.4. The van der Waals surface area contributed by atoms with E-state index in [0.717, 1.165) is 12.1 Å². The van der Waals surface area contributed by atoms with Crippen LogP contribution in [0.4, 0.5) is 20.2 Å². The van der Waals surface area contributed by atoms with E-state index < -0.39 is 87.2 Å². The number of carbonyl (C=O) groups excluding carboxylic acids is 5. The molecule has 2 saturated carbocycles. The number of hydrogen-bond acceptors (Lipinski definition) is 12. The van der Waals surface area contributed by atoms with Crippen LogP contribution in [0.25, 0.3) is 0 Å². The number of ketones is 4. The first kappa shape index (κ1) is 32.6. The number of nitrogens with one attached hydrogen (secondary N) is 1. The Labute approximate surface area is 262 Å². The van der Waals surface area contributed by atoms with E-state index in [9.17, 15) is 43.1 Å². The molecule has 0 heterocycles. The van der Waals surface area contributed by atoms with Crippen molar-refractivity contribution < 1.29 is 37.9 Å². The molecule has 46 heavy (non-hydrogen) atoms. The van der Waals surface area contributed by atoms with Crippen LogP contribution in [0, 0.1) is 40.2 Å². The first-order chi connectivity index (χ1) is 21.4. The van der Waals surface area contributed by atoms with E-state index >= 15 is 0 Å². The average Bonchev–Trinajstić information content (AvgIpc) is 2.90. The summed E-state index contributed by atoms with van der Waals surface area (Å²) >= 11 is 0. The molecule has 13 nitrogen and oxygen atoms in total. The Bertz CT molecular complexity index is 1770. The molecule has 0 spiro atoms. The lowest BCUT2D eigenvalue weighted by Crippen LogP contribution is -2.85. The van der Waals surface area contributed by atoms with Crippen molar-refractivity contribution in [2.75, 3.05) is 38.4 Å². The minimum Gasteiger partial charge on any atom is -0.505 e. The summed E-state index contributed by atoms with van der Waals surface area (Å²) in [7, 11) is 6.14. The van der Waals surface area contributed by atoms with Crippen LogP contribution in [0.2, 0.25) is 0 Å². The van der Waals surface area contributed by atoms with E-state index in [1.807, 2.05) is 0 Å². The number of likely N-dealkylation sites (N-methyl/N-ethyl adjacent to an activating group) is 1. The van der Waals surface area contributed by atoms with E-state index in [-0.39, 0.29) is 35.3 Å². The van der Waals surface area contributed by atoms with Crippen molar-refractivity contribution in [3.05, 3.63) is 52.6 Å². The highest BCUT2D eigenvalue weighted by Crippen LogP contribution is 2.57. The molecule has 0 radical (unpaired) electrons. The standard InChI is InChI=1S/C31H33F2N7O6/c1-39(2)18-8-17(38-10-13-5-14(32)7-15(33)6-13)22(41)19-16(18)9-29(36)11-31(37)25(40(3)4)24(43)20(28(35)46)26(44)30(31,12-34)27(45)21(29)23(19)42/h5-8,20-21,25,38,41H,9-11,36-37H2,1-4H3,(H2,35,46)/t20?,21?,25-,29-,30+,31-/m1/s1. The van der Waals surface area contributed by atoms with Gasteiger partial charge in [-0.25, -0.2) is 8.78 Å². The Morgan fingerprint density at radius 1 is 1.07 bits per heavy atom.